The average molecular weight is 212 g/mol. The molecule has 84 valence electrons. The van der Waals surface area contributed by atoms with Gasteiger partial charge >= 0.3 is 0 Å². The van der Waals surface area contributed by atoms with Gasteiger partial charge in [0.05, 0.1) is 0 Å². The molecule has 0 nitrogen and oxygen atoms in total. The summed E-state index contributed by atoms with van der Waals surface area (Å²) >= 11 is 0. The van der Waals surface area contributed by atoms with Gasteiger partial charge < -0.3 is 0 Å². The molecular weight excluding hydrogens is 192 g/mol. The van der Waals surface area contributed by atoms with Crippen molar-refractivity contribution in [2.24, 2.45) is 0 Å². The lowest BCUT2D eigenvalue weighted by molar-refractivity contribution is 0.991. The molecule has 0 unspecified atom stereocenters. The van der Waals surface area contributed by atoms with E-state index in [0.29, 0.717) is 0 Å². The number of hydrogen-bond acceptors (Lipinski definition) is 0. The topological polar surface area (TPSA) is 0 Å². The second kappa shape index (κ2) is 6.12. The maximum atomic E-state index is 3.90. The van der Waals surface area contributed by atoms with E-state index in [4.69, 9.17) is 0 Å². The van der Waals surface area contributed by atoms with Gasteiger partial charge in [-0.25, -0.2) is 0 Å². The fourth-order valence-electron chi connectivity index (χ4n) is 2.03. The molecule has 0 radical (unpaired) electrons. The van der Waals surface area contributed by atoms with Crippen LogP contribution in [0, 0.1) is 0 Å². The lowest BCUT2D eigenvalue weighted by atomic mass is 9.83. The predicted octanol–water partition coefficient (Wildman–Crippen LogP) is 4.90. The molecule has 0 spiro atoms. The maximum Gasteiger partial charge on any atom is -0.00204 e. The molecule has 0 aromatic carbocycles. The Morgan fingerprint density at radius 3 is 2.19 bits per heavy atom. The summed E-state index contributed by atoms with van der Waals surface area (Å²) in [6, 6.07) is 0. The first-order valence-corrected chi connectivity index (χ1v) is 5.71. The van der Waals surface area contributed by atoms with Gasteiger partial charge in [-0.15, -0.1) is 0 Å². The van der Waals surface area contributed by atoms with E-state index in [-0.39, 0.29) is 0 Å². The first kappa shape index (κ1) is 12.5. The number of rotatable bonds is 3. The molecule has 1 aliphatic carbocycles. The molecule has 0 amide bonds. The molecule has 16 heavy (non-hydrogen) atoms. The summed E-state index contributed by atoms with van der Waals surface area (Å²) in [6.45, 7) is 11.8. The van der Waals surface area contributed by atoms with Crippen molar-refractivity contribution >= 4 is 0 Å². The molecule has 0 atom stereocenters. The van der Waals surface area contributed by atoms with Gasteiger partial charge in [-0.2, -0.15) is 0 Å². The average Bonchev–Trinajstić information content (AvgIpc) is 2.31. The molecule has 0 aromatic rings. The van der Waals surface area contributed by atoms with Crippen LogP contribution >= 0.6 is 0 Å². The Labute approximate surface area is 99.1 Å². The highest BCUT2D eigenvalue weighted by atomic mass is 14.2. The van der Waals surface area contributed by atoms with E-state index in [1.807, 2.05) is 12.2 Å². The van der Waals surface area contributed by atoms with Crippen LogP contribution in [0.2, 0.25) is 0 Å². The molecule has 1 aliphatic rings. The van der Waals surface area contributed by atoms with Crippen molar-refractivity contribution in [3.8, 4) is 0 Å². The zero-order valence-electron chi connectivity index (χ0n) is 10.3. The van der Waals surface area contributed by atoms with Crippen LogP contribution < -0.4 is 0 Å². The Hall–Kier alpha value is -1.56. The summed E-state index contributed by atoms with van der Waals surface area (Å²) in [7, 11) is 0. The van der Waals surface area contributed by atoms with Crippen molar-refractivity contribution < 1.29 is 0 Å². The van der Waals surface area contributed by atoms with Crippen LogP contribution in [0.3, 0.4) is 0 Å². The largest absolute Gasteiger partial charge is 0.0991 e. The normalized spacial score (nSPS) is 22.1. The van der Waals surface area contributed by atoms with Gasteiger partial charge in [-0.05, 0) is 49.0 Å². The van der Waals surface area contributed by atoms with E-state index in [0.717, 1.165) is 12.8 Å². The van der Waals surface area contributed by atoms with Crippen LogP contribution in [0.15, 0.2) is 71.9 Å². The molecule has 0 aliphatic heterocycles. The predicted molar refractivity (Wildman–Crippen MR) is 73.3 cm³/mol. The first-order chi connectivity index (χ1) is 7.76. The monoisotopic (exact) mass is 212 g/mol. The molecule has 0 N–H and O–H groups in total. The Morgan fingerprint density at radius 1 is 1.00 bits per heavy atom. The Balaban J connectivity index is 3.17. The second-order valence-electron chi connectivity index (χ2n) is 3.85. The minimum absolute atomic E-state index is 0.967. The van der Waals surface area contributed by atoms with E-state index in [1.54, 1.807) is 0 Å². The molecular formula is C16H20. The minimum Gasteiger partial charge on any atom is -0.0991 e. The van der Waals surface area contributed by atoms with E-state index in [2.05, 4.69) is 51.3 Å². The molecule has 0 saturated carbocycles. The lowest BCUT2D eigenvalue weighted by Crippen LogP contribution is -2.03. The van der Waals surface area contributed by atoms with Crippen molar-refractivity contribution in [1.29, 1.82) is 0 Å². The zero-order chi connectivity index (χ0) is 12.0. The maximum absolute atomic E-state index is 3.90. The highest BCUT2D eigenvalue weighted by molar-refractivity contribution is 5.50. The number of allylic oxidation sites excluding steroid dienone is 10. The Morgan fingerprint density at radius 2 is 1.69 bits per heavy atom. The molecule has 0 heteroatoms. The smallest absolute Gasteiger partial charge is 0.00204 e. The van der Waals surface area contributed by atoms with E-state index in [9.17, 15) is 0 Å². The summed E-state index contributed by atoms with van der Waals surface area (Å²) in [5, 5.41) is 0. The number of hydrogen-bond donors (Lipinski definition) is 0. The third kappa shape index (κ3) is 2.73. The zero-order valence-corrected chi connectivity index (χ0v) is 10.3. The summed E-state index contributed by atoms with van der Waals surface area (Å²) < 4.78 is 0. The third-order valence-corrected chi connectivity index (χ3v) is 2.87. The Bertz CT molecular complexity index is 398. The van der Waals surface area contributed by atoms with E-state index < -0.39 is 0 Å². The van der Waals surface area contributed by atoms with Gasteiger partial charge in [0.25, 0.3) is 0 Å². The molecule has 1 rings (SSSR count). The highest BCUT2D eigenvalue weighted by Gasteiger charge is 2.15. The van der Waals surface area contributed by atoms with Crippen LogP contribution in [0.25, 0.3) is 0 Å². The quantitative estimate of drug-likeness (QED) is 0.624. The van der Waals surface area contributed by atoms with Gasteiger partial charge in [-0.1, -0.05) is 49.6 Å². The summed E-state index contributed by atoms with van der Waals surface area (Å²) in [4.78, 5) is 0. The van der Waals surface area contributed by atoms with E-state index >= 15 is 0 Å². The van der Waals surface area contributed by atoms with Crippen LogP contribution in [0.5, 0.6) is 0 Å². The van der Waals surface area contributed by atoms with E-state index in [1.165, 1.54) is 22.3 Å². The lowest BCUT2D eigenvalue weighted by Gasteiger charge is -2.21. The summed E-state index contributed by atoms with van der Waals surface area (Å²) in [5.74, 6) is 0. The van der Waals surface area contributed by atoms with Crippen LogP contribution in [-0.4, -0.2) is 0 Å². The summed E-state index contributed by atoms with van der Waals surface area (Å²) in [6.07, 6.45) is 14.4. The summed E-state index contributed by atoms with van der Waals surface area (Å²) in [5.41, 5.74) is 5.47. The second-order valence-corrected chi connectivity index (χ2v) is 3.85. The molecule has 0 fully saturated rings. The Kier molecular flexibility index (Phi) is 4.78. The molecule has 0 bridgehead atoms. The van der Waals surface area contributed by atoms with Crippen LogP contribution in [0.4, 0.5) is 0 Å². The minimum atomic E-state index is 0.967. The third-order valence-electron chi connectivity index (χ3n) is 2.87. The van der Waals surface area contributed by atoms with Crippen molar-refractivity contribution in [2.45, 2.75) is 26.7 Å². The van der Waals surface area contributed by atoms with Crippen LogP contribution in [-0.2, 0) is 0 Å². The fraction of sp³-hybridized carbons (Fsp3) is 0.250. The van der Waals surface area contributed by atoms with Crippen molar-refractivity contribution in [2.75, 3.05) is 0 Å². The van der Waals surface area contributed by atoms with Crippen molar-refractivity contribution in [3.63, 3.8) is 0 Å². The van der Waals surface area contributed by atoms with Crippen molar-refractivity contribution in [1.82, 2.24) is 0 Å². The molecule has 0 heterocycles. The van der Waals surface area contributed by atoms with Gasteiger partial charge in [0.2, 0.25) is 0 Å². The fourth-order valence-corrected chi connectivity index (χ4v) is 2.03. The molecule has 0 aromatic heterocycles. The van der Waals surface area contributed by atoms with Crippen molar-refractivity contribution in [3.05, 3.63) is 71.9 Å². The van der Waals surface area contributed by atoms with Gasteiger partial charge in [0.15, 0.2) is 0 Å². The van der Waals surface area contributed by atoms with Gasteiger partial charge in [0, 0.05) is 0 Å². The van der Waals surface area contributed by atoms with Crippen LogP contribution in [0.1, 0.15) is 26.7 Å². The standard InChI is InChI=1S/C16H20/c1-5-9-15-11-14(8-4)16(10-6-2)12-13(15)7-3/h5-10H,1,4,11-12H2,2-3H3/b10-6-,13-7-,15-9-. The van der Waals surface area contributed by atoms with Gasteiger partial charge in [-0.3, -0.25) is 0 Å². The SMILES string of the molecule is C=C/C=C1/CC(C=C)=C(/C=C\C)C/C1=C/C. The molecule has 0 saturated heterocycles. The van der Waals surface area contributed by atoms with Gasteiger partial charge in [0.1, 0.15) is 0 Å². The highest BCUT2D eigenvalue weighted by Crippen LogP contribution is 2.34. The first-order valence-electron chi connectivity index (χ1n) is 5.71.